The van der Waals surface area contributed by atoms with E-state index in [2.05, 4.69) is 59.3 Å². The molecule has 2 aromatic rings. The van der Waals surface area contributed by atoms with Crippen LogP contribution >= 0.6 is 27.5 Å². The van der Waals surface area contributed by atoms with Crippen LogP contribution in [-0.2, 0) is 12.8 Å². The number of aryl methyl sites for hydroxylation is 1. The van der Waals surface area contributed by atoms with E-state index in [4.69, 9.17) is 11.6 Å². The summed E-state index contributed by atoms with van der Waals surface area (Å²) >= 11 is 9.57. The van der Waals surface area contributed by atoms with Crippen LogP contribution in [0.1, 0.15) is 29.5 Å². The molecule has 0 fully saturated rings. The number of alkyl halides is 1. The molecule has 1 unspecified atom stereocenters. The monoisotopic (exact) mass is 336 g/mol. The average Bonchev–Trinajstić information content (AvgIpc) is 2.46. The van der Waals surface area contributed by atoms with Crippen molar-refractivity contribution in [1.82, 2.24) is 0 Å². The average molecular weight is 338 g/mol. The van der Waals surface area contributed by atoms with Gasteiger partial charge in [-0.05, 0) is 47.6 Å². The molecule has 2 heteroatoms. The Morgan fingerprint density at radius 1 is 0.947 bits per heavy atom. The predicted octanol–water partition coefficient (Wildman–Crippen LogP) is 5.62. The largest absolute Gasteiger partial charge is 0.0921 e. The molecular formula is C17H18BrCl. The van der Waals surface area contributed by atoms with Crippen LogP contribution in [0.5, 0.6) is 0 Å². The van der Waals surface area contributed by atoms with Gasteiger partial charge in [0.2, 0.25) is 0 Å². The zero-order valence-electron chi connectivity index (χ0n) is 11.1. The summed E-state index contributed by atoms with van der Waals surface area (Å²) in [5, 5.41) is 1.76. The third kappa shape index (κ3) is 4.09. The molecular weight excluding hydrogens is 320 g/mol. The summed E-state index contributed by atoms with van der Waals surface area (Å²) in [5.74, 6) is 0.491. The van der Waals surface area contributed by atoms with Crippen LogP contribution in [0.4, 0.5) is 0 Å². The zero-order valence-corrected chi connectivity index (χ0v) is 13.4. The van der Waals surface area contributed by atoms with Crippen molar-refractivity contribution < 1.29 is 0 Å². The molecule has 0 heterocycles. The molecule has 0 N–H and O–H groups in total. The number of hydrogen-bond acceptors (Lipinski definition) is 0. The van der Waals surface area contributed by atoms with Gasteiger partial charge < -0.3 is 0 Å². The molecule has 0 aliphatic carbocycles. The minimum atomic E-state index is 0.491. The summed E-state index contributed by atoms with van der Waals surface area (Å²) in [7, 11) is 0. The van der Waals surface area contributed by atoms with Crippen LogP contribution in [0.25, 0.3) is 0 Å². The number of hydrogen-bond donors (Lipinski definition) is 0. The molecule has 0 saturated carbocycles. The van der Waals surface area contributed by atoms with Gasteiger partial charge in [0.1, 0.15) is 0 Å². The molecule has 0 aliphatic rings. The Morgan fingerprint density at radius 2 is 1.53 bits per heavy atom. The van der Waals surface area contributed by atoms with E-state index in [-0.39, 0.29) is 0 Å². The molecule has 2 aromatic carbocycles. The first kappa shape index (κ1) is 14.6. The zero-order chi connectivity index (χ0) is 13.7. The molecule has 1 atom stereocenters. The first-order valence-electron chi connectivity index (χ1n) is 6.62. The molecule has 100 valence electrons. The molecule has 19 heavy (non-hydrogen) atoms. The molecule has 0 spiro atoms. The molecule has 0 saturated heterocycles. The highest BCUT2D eigenvalue weighted by atomic mass is 79.9. The fraction of sp³-hybridized carbons (Fsp3) is 0.294. The van der Waals surface area contributed by atoms with Gasteiger partial charge in [-0.25, -0.2) is 0 Å². The third-order valence-corrected chi connectivity index (χ3v) is 4.47. The van der Waals surface area contributed by atoms with E-state index in [1.165, 1.54) is 16.7 Å². The van der Waals surface area contributed by atoms with E-state index < -0.39 is 0 Å². The van der Waals surface area contributed by atoms with Crippen LogP contribution in [0.3, 0.4) is 0 Å². The van der Waals surface area contributed by atoms with Gasteiger partial charge >= 0.3 is 0 Å². The highest BCUT2D eigenvalue weighted by molar-refractivity contribution is 9.09. The van der Waals surface area contributed by atoms with Crippen molar-refractivity contribution in [2.45, 2.75) is 25.7 Å². The Morgan fingerprint density at radius 3 is 2.05 bits per heavy atom. The molecule has 0 aliphatic heterocycles. The smallest absolute Gasteiger partial charge is 0.0406 e. The summed E-state index contributed by atoms with van der Waals surface area (Å²) < 4.78 is 0. The van der Waals surface area contributed by atoms with Crippen molar-refractivity contribution >= 4 is 27.5 Å². The van der Waals surface area contributed by atoms with Gasteiger partial charge in [0.15, 0.2) is 0 Å². The van der Waals surface area contributed by atoms with Gasteiger partial charge in [-0.2, -0.15) is 0 Å². The minimum Gasteiger partial charge on any atom is -0.0921 e. The second kappa shape index (κ2) is 7.12. The van der Waals surface area contributed by atoms with Crippen molar-refractivity contribution in [3.63, 3.8) is 0 Å². The van der Waals surface area contributed by atoms with Crippen LogP contribution in [0.15, 0.2) is 48.5 Å². The molecule has 0 nitrogen and oxygen atoms in total. The maximum absolute atomic E-state index is 5.94. The van der Waals surface area contributed by atoms with E-state index in [9.17, 15) is 0 Å². The van der Waals surface area contributed by atoms with Crippen molar-refractivity contribution in [3.8, 4) is 0 Å². The van der Waals surface area contributed by atoms with Crippen LogP contribution in [0.2, 0.25) is 5.02 Å². The van der Waals surface area contributed by atoms with E-state index in [0.29, 0.717) is 5.92 Å². The summed E-state index contributed by atoms with van der Waals surface area (Å²) in [4.78, 5) is 0. The second-order valence-electron chi connectivity index (χ2n) is 4.78. The first-order chi connectivity index (χ1) is 9.22. The summed E-state index contributed by atoms with van der Waals surface area (Å²) in [5.41, 5.74) is 4.11. The maximum Gasteiger partial charge on any atom is 0.0406 e. The SMILES string of the molecule is CCc1ccc(CC(CBr)c2ccc(Cl)cc2)cc1. The Hall–Kier alpha value is -0.790. The van der Waals surface area contributed by atoms with Gasteiger partial charge in [-0.3, -0.25) is 0 Å². The van der Waals surface area contributed by atoms with Gasteiger partial charge in [-0.15, -0.1) is 0 Å². The maximum atomic E-state index is 5.94. The van der Waals surface area contributed by atoms with E-state index in [1.807, 2.05) is 12.1 Å². The quantitative estimate of drug-likeness (QED) is 0.621. The van der Waals surface area contributed by atoms with E-state index in [1.54, 1.807) is 0 Å². The van der Waals surface area contributed by atoms with Gasteiger partial charge in [0.25, 0.3) is 0 Å². The molecule has 2 rings (SSSR count). The lowest BCUT2D eigenvalue weighted by atomic mass is 9.93. The highest BCUT2D eigenvalue weighted by Crippen LogP contribution is 2.24. The summed E-state index contributed by atoms with van der Waals surface area (Å²) in [6.07, 6.45) is 2.15. The fourth-order valence-corrected chi connectivity index (χ4v) is 2.92. The fourth-order valence-electron chi connectivity index (χ4n) is 2.19. The normalized spacial score (nSPS) is 12.4. The molecule has 0 aromatic heterocycles. The van der Waals surface area contributed by atoms with Crippen molar-refractivity contribution in [3.05, 3.63) is 70.2 Å². The van der Waals surface area contributed by atoms with E-state index in [0.717, 1.165) is 23.2 Å². The Bertz CT molecular complexity index is 502. The third-order valence-electron chi connectivity index (χ3n) is 3.44. The molecule has 0 bridgehead atoms. The number of benzene rings is 2. The Balaban J connectivity index is 2.11. The second-order valence-corrected chi connectivity index (χ2v) is 5.86. The van der Waals surface area contributed by atoms with Crippen molar-refractivity contribution in [1.29, 1.82) is 0 Å². The molecule has 0 amide bonds. The van der Waals surface area contributed by atoms with E-state index >= 15 is 0 Å². The van der Waals surface area contributed by atoms with Crippen molar-refractivity contribution in [2.24, 2.45) is 0 Å². The lowest BCUT2D eigenvalue weighted by Gasteiger charge is -2.15. The van der Waals surface area contributed by atoms with Gasteiger partial charge in [0.05, 0.1) is 0 Å². The topological polar surface area (TPSA) is 0 Å². The Kier molecular flexibility index (Phi) is 5.47. The van der Waals surface area contributed by atoms with Gasteiger partial charge in [-0.1, -0.05) is 70.9 Å². The summed E-state index contributed by atoms with van der Waals surface area (Å²) in [6.45, 7) is 2.18. The Labute approximate surface area is 128 Å². The first-order valence-corrected chi connectivity index (χ1v) is 8.12. The van der Waals surface area contributed by atoms with Crippen LogP contribution < -0.4 is 0 Å². The standard InChI is InChI=1S/C17H18BrCl/c1-2-13-3-5-14(6-4-13)11-16(12-18)15-7-9-17(19)10-8-15/h3-10,16H,2,11-12H2,1H3. The minimum absolute atomic E-state index is 0.491. The van der Waals surface area contributed by atoms with Gasteiger partial charge in [0, 0.05) is 10.4 Å². The highest BCUT2D eigenvalue weighted by Gasteiger charge is 2.11. The van der Waals surface area contributed by atoms with Crippen LogP contribution in [-0.4, -0.2) is 5.33 Å². The van der Waals surface area contributed by atoms with Crippen molar-refractivity contribution in [2.75, 3.05) is 5.33 Å². The lowest BCUT2D eigenvalue weighted by molar-refractivity contribution is 0.775. The summed E-state index contributed by atoms with van der Waals surface area (Å²) in [6, 6.07) is 17.1. The predicted molar refractivity (Wildman–Crippen MR) is 87.5 cm³/mol. The van der Waals surface area contributed by atoms with Crippen LogP contribution in [0, 0.1) is 0 Å². The number of rotatable bonds is 5. The molecule has 0 radical (unpaired) electrons. The lowest BCUT2D eigenvalue weighted by Crippen LogP contribution is -2.04. The number of halogens is 2.